The molecule has 0 spiro atoms. The molecule has 0 saturated carbocycles. The Labute approximate surface area is 122 Å². The molecule has 5 nitrogen and oxygen atoms in total. The van der Waals surface area contributed by atoms with Crippen molar-refractivity contribution in [2.45, 2.75) is 13.1 Å². The molecule has 1 aromatic heterocycles. The number of hydrogen-bond donors (Lipinski definition) is 0. The van der Waals surface area contributed by atoms with Crippen LogP contribution in [0, 0.1) is 10.1 Å². The van der Waals surface area contributed by atoms with Crippen LogP contribution in [0.2, 0.25) is 5.02 Å². The molecule has 0 N–H and O–H groups in total. The van der Waals surface area contributed by atoms with E-state index in [2.05, 4.69) is 4.98 Å². The Kier molecular flexibility index (Phi) is 4.65. The third kappa shape index (κ3) is 3.76. The van der Waals surface area contributed by atoms with Gasteiger partial charge in [0.1, 0.15) is 0 Å². The predicted molar refractivity (Wildman–Crippen MR) is 77.5 cm³/mol. The van der Waals surface area contributed by atoms with Crippen LogP contribution in [0.25, 0.3) is 0 Å². The fourth-order valence-corrected chi connectivity index (χ4v) is 2.09. The molecule has 2 rings (SSSR count). The molecule has 0 amide bonds. The first-order valence-corrected chi connectivity index (χ1v) is 6.45. The topological polar surface area (TPSA) is 59.3 Å². The maximum atomic E-state index is 10.8. The summed E-state index contributed by atoms with van der Waals surface area (Å²) in [5.74, 6) is 0. The fraction of sp³-hybridized carbons (Fsp3) is 0.214. The molecule has 0 aliphatic carbocycles. The highest BCUT2D eigenvalue weighted by Gasteiger charge is 2.11. The maximum absolute atomic E-state index is 10.8. The summed E-state index contributed by atoms with van der Waals surface area (Å²) >= 11 is 6.08. The lowest BCUT2D eigenvalue weighted by Crippen LogP contribution is -2.18. The van der Waals surface area contributed by atoms with Gasteiger partial charge in [-0.15, -0.1) is 0 Å². The Morgan fingerprint density at radius 2 is 2.10 bits per heavy atom. The van der Waals surface area contributed by atoms with Gasteiger partial charge in [0.25, 0.3) is 5.69 Å². The van der Waals surface area contributed by atoms with Crippen LogP contribution in [0.1, 0.15) is 11.3 Å². The zero-order valence-corrected chi connectivity index (χ0v) is 11.7. The van der Waals surface area contributed by atoms with Crippen LogP contribution in [0.3, 0.4) is 0 Å². The molecule has 6 heteroatoms. The molecule has 0 saturated heterocycles. The van der Waals surface area contributed by atoms with E-state index in [0.29, 0.717) is 18.1 Å². The number of nitro benzene ring substituents is 1. The van der Waals surface area contributed by atoms with Crippen LogP contribution < -0.4 is 0 Å². The van der Waals surface area contributed by atoms with Gasteiger partial charge in [0.2, 0.25) is 0 Å². The zero-order valence-electron chi connectivity index (χ0n) is 11.0. The van der Waals surface area contributed by atoms with Crippen molar-refractivity contribution >= 4 is 17.3 Å². The Balaban J connectivity index is 2.09. The second-order valence-corrected chi connectivity index (χ2v) is 4.93. The fourth-order valence-electron chi connectivity index (χ4n) is 1.91. The molecule has 0 aliphatic rings. The van der Waals surface area contributed by atoms with Crippen LogP contribution >= 0.6 is 11.6 Å². The summed E-state index contributed by atoms with van der Waals surface area (Å²) in [6.07, 6.45) is 1.74. The molecule has 0 aliphatic heterocycles. The van der Waals surface area contributed by atoms with E-state index in [1.165, 1.54) is 12.1 Å². The maximum Gasteiger partial charge on any atom is 0.269 e. The Hall–Kier alpha value is -1.98. The molecule has 1 heterocycles. The highest BCUT2D eigenvalue weighted by atomic mass is 35.5. The standard InChI is InChI=1S/C14H14ClN3O2/c1-17(10-12-4-2-3-7-16-12)9-11-8-13(18(19)20)5-6-14(11)15/h2-8H,9-10H2,1H3. The molecule has 20 heavy (non-hydrogen) atoms. The summed E-state index contributed by atoms with van der Waals surface area (Å²) in [6.45, 7) is 1.18. The van der Waals surface area contributed by atoms with Crippen LogP contribution in [0.4, 0.5) is 5.69 Å². The van der Waals surface area contributed by atoms with Gasteiger partial charge < -0.3 is 0 Å². The molecule has 0 radical (unpaired) electrons. The molecule has 0 bridgehead atoms. The number of nitro groups is 1. The lowest BCUT2D eigenvalue weighted by atomic mass is 10.2. The van der Waals surface area contributed by atoms with E-state index >= 15 is 0 Å². The Morgan fingerprint density at radius 3 is 2.75 bits per heavy atom. The monoisotopic (exact) mass is 291 g/mol. The summed E-state index contributed by atoms with van der Waals surface area (Å²) < 4.78 is 0. The van der Waals surface area contributed by atoms with Gasteiger partial charge in [0.15, 0.2) is 0 Å². The summed E-state index contributed by atoms with van der Waals surface area (Å²) in [6, 6.07) is 10.2. The number of benzene rings is 1. The van der Waals surface area contributed by atoms with Crippen molar-refractivity contribution in [2.24, 2.45) is 0 Å². The first-order chi connectivity index (χ1) is 9.56. The number of rotatable bonds is 5. The number of nitrogens with zero attached hydrogens (tertiary/aromatic N) is 3. The number of pyridine rings is 1. The van der Waals surface area contributed by atoms with Crippen molar-refractivity contribution in [1.82, 2.24) is 9.88 Å². The minimum absolute atomic E-state index is 0.0515. The van der Waals surface area contributed by atoms with Crippen molar-refractivity contribution in [3.05, 3.63) is 69.0 Å². The van der Waals surface area contributed by atoms with Crippen LogP contribution in [0.15, 0.2) is 42.6 Å². The number of halogens is 1. The van der Waals surface area contributed by atoms with E-state index in [0.717, 1.165) is 11.3 Å². The van der Waals surface area contributed by atoms with E-state index in [1.807, 2.05) is 30.1 Å². The Bertz CT molecular complexity index is 605. The minimum atomic E-state index is -0.418. The van der Waals surface area contributed by atoms with E-state index in [9.17, 15) is 10.1 Å². The van der Waals surface area contributed by atoms with Gasteiger partial charge in [-0.25, -0.2) is 0 Å². The summed E-state index contributed by atoms with van der Waals surface area (Å²) in [5.41, 5.74) is 1.73. The Morgan fingerprint density at radius 1 is 1.30 bits per heavy atom. The first-order valence-electron chi connectivity index (χ1n) is 6.07. The van der Waals surface area contributed by atoms with Gasteiger partial charge in [0, 0.05) is 36.4 Å². The summed E-state index contributed by atoms with van der Waals surface area (Å²) in [5, 5.41) is 11.3. The van der Waals surface area contributed by atoms with Gasteiger partial charge in [-0.2, -0.15) is 0 Å². The third-order valence-corrected chi connectivity index (χ3v) is 3.21. The molecule has 2 aromatic rings. The normalized spacial score (nSPS) is 10.8. The van der Waals surface area contributed by atoms with Gasteiger partial charge in [-0.3, -0.25) is 20.0 Å². The van der Waals surface area contributed by atoms with Gasteiger partial charge in [-0.05, 0) is 30.8 Å². The van der Waals surface area contributed by atoms with E-state index < -0.39 is 4.92 Å². The van der Waals surface area contributed by atoms with E-state index in [1.54, 1.807) is 12.3 Å². The summed E-state index contributed by atoms with van der Waals surface area (Å²) in [7, 11) is 1.92. The molecule has 0 atom stereocenters. The highest BCUT2D eigenvalue weighted by molar-refractivity contribution is 6.31. The van der Waals surface area contributed by atoms with Crippen molar-refractivity contribution in [2.75, 3.05) is 7.05 Å². The zero-order chi connectivity index (χ0) is 14.5. The minimum Gasteiger partial charge on any atom is -0.296 e. The van der Waals surface area contributed by atoms with Crippen molar-refractivity contribution in [3.63, 3.8) is 0 Å². The van der Waals surface area contributed by atoms with Crippen molar-refractivity contribution in [3.8, 4) is 0 Å². The first kappa shape index (κ1) is 14.4. The SMILES string of the molecule is CN(Cc1ccccn1)Cc1cc([N+](=O)[O-])ccc1Cl. The number of hydrogen-bond acceptors (Lipinski definition) is 4. The molecular weight excluding hydrogens is 278 g/mol. The van der Waals surface area contributed by atoms with E-state index in [4.69, 9.17) is 11.6 Å². The molecule has 0 unspecified atom stereocenters. The second kappa shape index (κ2) is 6.45. The average molecular weight is 292 g/mol. The highest BCUT2D eigenvalue weighted by Crippen LogP contribution is 2.23. The van der Waals surface area contributed by atoms with Gasteiger partial charge in [0.05, 0.1) is 10.6 Å². The largest absolute Gasteiger partial charge is 0.296 e. The van der Waals surface area contributed by atoms with Gasteiger partial charge in [-0.1, -0.05) is 17.7 Å². The number of non-ortho nitro benzene ring substituents is 1. The van der Waals surface area contributed by atoms with E-state index in [-0.39, 0.29) is 5.69 Å². The molecule has 0 fully saturated rings. The summed E-state index contributed by atoms with van der Waals surface area (Å²) in [4.78, 5) is 16.6. The quantitative estimate of drug-likeness (QED) is 0.626. The predicted octanol–water partition coefficient (Wildman–Crippen LogP) is 3.28. The van der Waals surface area contributed by atoms with Crippen LogP contribution in [0.5, 0.6) is 0 Å². The lowest BCUT2D eigenvalue weighted by molar-refractivity contribution is -0.384. The lowest BCUT2D eigenvalue weighted by Gasteiger charge is -2.16. The third-order valence-electron chi connectivity index (χ3n) is 2.84. The molecule has 104 valence electrons. The van der Waals surface area contributed by atoms with Crippen molar-refractivity contribution < 1.29 is 4.92 Å². The van der Waals surface area contributed by atoms with Crippen molar-refractivity contribution in [1.29, 1.82) is 0 Å². The number of aromatic nitrogens is 1. The second-order valence-electron chi connectivity index (χ2n) is 4.53. The molecular formula is C14H14ClN3O2. The van der Waals surface area contributed by atoms with Crippen LogP contribution in [-0.4, -0.2) is 21.9 Å². The smallest absolute Gasteiger partial charge is 0.269 e. The van der Waals surface area contributed by atoms with Crippen LogP contribution in [-0.2, 0) is 13.1 Å². The van der Waals surface area contributed by atoms with Gasteiger partial charge >= 0.3 is 0 Å². The molecule has 1 aromatic carbocycles. The average Bonchev–Trinajstić information content (AvgIpc) is 2.42.